The fourth-order valence-corrected chi connectivity index (χ4v) is 4.10. The van der Waals surface area contributed by atoms with Crippen LogP contribution in [0.15, 0.2) is 41.6 Å². The fourth-order valence-electron chi connectivity index (χ4n) is 4.10. The van der Waals surface area contributed by atoms with E-state index >= 15 is 0 Å². The van der Waals surface area contributed by atoms with Gasteiger partial charge in [0, 0.05) is 24.0 Å². The van der Waals surface area contributed by atoms with Gasteiger partial charge < -0.3 is 4.90 Å². The second-order valence-corrected chi connectivity index (χ2v) is 7.84. The third kappa shape index (κ3) is 3.87. The molecule has 1 atom stereocenters. The van der Waals surface area contributed by atoms with Crippen LogP contribution in [0.3, 0.4) is 0 Å². The number of hydrogen-bond donors (Lipinski definition) is 1. The minimum atomic E-state index is -0.310. The Bertz CT molecular complexity index is 858. The van der Waals surface area contributed by atoms with Gasteiger partial charge in [-0.15, -0.1) is 0 Å². The van der Waals surface area contributed by atoms with Crippen molar-refractivity contribution < 1.29 is 4.79 Å². The van der Waals surface area contributed by atoms with Gasteiger partial charge in [-0.2, -0.15) is 5.10 Å². The highest BCUT2D eigenvalue weighted by Gasteiger charge is 2.35. The van der Waals surface area contributed by atoms with Crippen molar-refractivity contribution in [3.8, 4) is 0 Å². The van der Waals surface area contributed by atoms with E-state index in [0.29, 0.717) is 11.6 Å². The molecule has 1 aliphatic rings. The summed E-state index contributed by atoms with van der Waals surface area (Å²) >= 11 is 0. The lowest BCUT2D eigenvalue weighted by atomic mass is 9.79. The van der Waals surface area contributed by atoms with Crippen LogP contribution in [0.25, 0.3) is 0 Å². The average molecular weight is 364 g/mol. The Morgan fingerprint density at radius 1 is 1.41 bits per heavy atom. The smallest absolute Gasteiger partial charge is 0.289 e. The lowest BCUT2D eigenvalue weighted by Crippen LogP contribution is -2.48. The van der Waals surface area contributed by atoms with Gasteiger partial charge in [0.2, 0.25) is 0 Å². The van der Waals surface area contributed by atoms with E-state index in [1.54, 1.807) is 30.6 Å². The molecular weight excluding hydrogens is 336 g/mol. The van der Waals surface area contributed by atoms with E-state index in [2.05, 4.69) is 67.2 Å². The largest absolute Gasteiger partial charge is 0.366 e. The quantitative estimate of drug-likeness (QED) is 0.651. The molecule has 0 fully saturated rings. The van der Waals surface area contributed by atoms with Crippen molar-refractivity contribution in [3.63, 3.8) is 0 Å². The van der Waals surface area contributed by atoms with Crippen molar-refractivity contribution in [2.75, 3.05) is 11.4 Å². The summed E-state index contributed by atoms with van der Waals surface area (Å²) in [6.45, 7) is 12.2. The van der Waals surface area contributed by atoms with Crippen LogP contribution in [-0.2, 0) is 0 Å². The van der Waals surface area contributed by atoms with Gasteiger partial charge in [-0.3, -0.25) is 9.78 Å². The molecule has 0 saturated carbocycles. The van der Waals surface area contributed by atoms with Gasteiger partial charge in [0.1, 0.15) is 5.69 Å². The minimum absolute atomic E-state index is 0.153. The summed E-state index contributed by atoms with van der Waals surface area (Å²) in [6, 6.07) is 9.68. The molecule has 1 aromatic heterocycles. The number of pyridine rings is 1. The predicted molar refractivity (Wildman–Crippen MR) is 111 cm³/mol. The third-order valence-corrected chi connectivity index (χ3v) is 5.36. The van der Waals surface area contributed by atoms with Crippen LogP contribution in [-0.4, -0.2) is 29.2 Å². The second-order valence-electron chi connectivity index (χ2n) is 7.84. The second kappa shape index (κ2) is 7.51. The highest BCUT2D eigenvalue weighted by molar-refractivity contribution is 5.93. The average Bonchev–Trinajstić information content (AvgIpc) is 2.63. The molecule has 0 radical (unpaired) electrons. The SMILES string of the molecule is CCN1c2cc(C)c(/C=N/NC(=O)c3ccccn3)cc2C(C)CC1(C)C. The van der Waals surface area contributed by atoms with Gasteiger partial charge in [0.25, 0.3) is 5.91 Å². The Hall–Kier alpha value is -2.69. The number of rotatable bonds is 4. The van der Waals surface area contributed by atoms with Crippen LogP contribution in [0.2, 0.25) is 0 Å². The molecule has 0 bridgehead atoms. The summed E-state index contributed by atoms with van der Waals surface area (Å²) in [7, 11) is 0. The zero-order chi connectivity index (χ0) is 19.6. The topological polar surface area (TPSA) is 57.6 Å². The first-order valence-electron chi connectivity index (χ1n) is 9.50. The number of fused-ring (bicyclic) bond motifs is 1. The van der Waals surface area contributed by atoms with E-state index in [1.807, 2.05) is 0 Å². The van der Waals surface area contributed by atoms with Gasteiger partial charge in [0.05, 0.1) is 6.21 Å². The maximum atomic E-state index is 12.1. The summed E-state index contributed by atoms with van der Waals surface area (Å²) in [5, 5.41) is 4.14. The van der Waals surface area contributed by atoms with Crippen LogP contribution in [0, 0.1) is 6.92 Å². The van der Waals surface area contributed by atoms with Crippen molar-refractivity contribution in [1.82, 2.24) is 10.4 Å². The molecule has 1 aliphatic heterocycles. The van der Waals surface area contributed by atoms with E-state index in [1.165, 1.54) is 11.3 Å². The Kier molecular flexibility index (Phi) is 5.31. The maximum absolute atomic E-state index is 12.1. The number of carbonyl (C=O) groups excluding carboxylic acids is 1. The predicted octanol–water partition coefficient (Wildman–Crippen LogP) is 4.27. The van der Waals surface area contributed by atoms with Crippen molar-refractivity contribution in [1.29, 1.82) is 0 Å². The lowest BCUT2D eigenvalue weighted by molar-refractivity contribution is 0.0950. The lowest BCUT2D eigenvalue weighted by Gasteiger charge is -2.47. The van der Waals surface area contributed by atoms with Crippen LogP contribution in [0.5, 0.6) is 0 Å². The monoisotopic (exact) mass is 364 g/mol. The molecule has 1 unspecified atom stereocenters. The molecule has 5 heteroatoms. The number of hydrazone groups is 1. The summed E-state index contributed by atoms with van der Waals surface area (Å²) in [4.78, 5) is 18.6. The van der Waals surface area contributed by atoms with Crippen molar-refractivity contribution in [3.05, 3.63) is 58.9 Å². The number of aryl methyl sites for hydroxylation is 1. The summed E-state index contributed by atoms with van der Waals surface area (Å²) in [5.41, 5.74) is 7.89. The molecule has 1 aromatic carbocycles. The van der Waals surface area contributed by atoms with E-state index in [-0.39, 0.29) is 11.4 Å². The number of amides is 1. The van der Waals surface area contributed by atoms with Gasteiger partial charge in [-0.1, -0.05) is 13.0 Å². The third-order valence-electron chi connectivity index (χ3n) is 5.36. The van der Waals surface area contributed by atoms with E-state index in [9.17, 15) is 4.79 Å². The highest BCUT2D eigenvalue weighted by Crippen LogP contribution is 2.43. The van der Waals surface area contributed by atoms with Crippen LogP contribution >= 0.6 is 0 Å². The van der Waals surface area contributed by atoms with E-state index in [0.717, 1.165) is 24.1 Å². The number of anilines is 1. The Morgan fingerprint density at radius 2 is 2.19 bits per heavy atom. The molecule has 1 N–H and O–H groups in total. The van der Waals surface area contributed by atoms with Crippen LogP contribution in [0.1, 0.15) is 67.2 Å². The van der Waals surface area contributed by atoms with Crippen molar-refractivity contribution in [2.24, 2.45) is 5.10 Å². The first kappa shape index (κ1) is 19.1. The van der Waals surface area contributed by atoms with E-state index in [4.69, 9.17) is 0 Å². The van der Waals surface area contributed by atoms with Crippen molar-refractivity contribution in [2.45, 2.75) is 52.5 Å². The molecule has 0 aliphatic carbocycles. The van der Waals surface area contributed by atoms with Crippen molar-refractivity contribution >= 4 is 17.8 Å². The minimum Gasteiger partial charge on any atom is -0.366 e. The zero-order valence-electron chi connectivity index (χ0n) is 16.8. The van der Waals surface area contributed by atoms with Gasteiger partial charge in [-0.25, -0.2) is 5.43 Å². The first-order valence-corrected chi connectivity index (χ1v) is 9.50. The number of hydrogen-bond acceptors (Lipinski definition) is 4. The number of carbonyl (C=O) groups is 1. The standard InChI is InChI=1S/C22H28N4O/c1-6-26-20-11-15(2)17(12-18(20)16(3)13-22(26,4)5)14-24-25-21(27)19-9-7-8-10-23-19/h7-12,14,16H,6,13H2,1-5H3,(H,25,27)/b24-14+. The van der Waals surface area contributed by atoms with E-state index < -0.39 is 0 Å². The van der Waals surface area contributed by atoms with Gasteiger partial charge >= 0.3 is 0 Å². The maximum Gasteiger partial charge on any atom is 0.289 e. The van der Waals surface area contributed by atoms with Gasteiger partial charge in [-0.05, 0) is 81.0 Å². The number of benzene rings is 1. The number of nitrogens with zero attached hydrogens (tertiary/aromatic N) is 3. The Morgan fingerprint density at radius 3 is 2.85 bits per heavy atom. The Labute approximate surface area is 161 Å². The molecule has 27 heavy (non-hydrogen) atoms. The summed E-state index contributed by atoms with van der Waals surface area (Å²) in [6.07, 6.45) is 4.43. The zero-order valence-corrected chi connectivity index (χ0v) is 16.8. The molecule has 0 spiro atoms. The Balaban J connectivity index is 1.84. The molecular formula is C22H28N4O. The summed E-state index contributed by atoms with van der Waals surface area (Å²) < 4.78 is 0. The number of nitrogens with one attached hydrogen (secondary N) is 1. The number of aromatic nitrogens is 1. The van der Waals surface area contributed by atoms with Crippen LogP contribution in [0.4, 0.5) is 5.69 Å². The van der Waals surface area contributed by atoms with Crippen LogP contribution < -0.4 is 10.3 Å². The molecule has 0 saturated heterocycles. The normalized spacial score (nSPS) is 18.4. The molecule has 2 aromatic rings. The first-order chi connectivity index (χ1) is 12.8. The van der Waals surface area contributed by atoms with Gasteiger partial charge in [0.15, 0.2) is 0 Å². The molecule has 1 amide bonds. The molecule has 3 rings (SSSR count). The highest BCUT2D eigenvalue weighted by atomic mass is 16.2. The summed E-state index contributed by atoms with van der Waals surface area (Å²) in [5.74, 6) is 0.170. The molecule has 142 valence electrons. The molecule has 5 nitrogen and oxygen atoms in total. The fraction of sp³-hybridized carbons (Fsp3) is 0.409. The molecule has 2 heterocycles.